The molecule has 5 aromatic rings. The predicted molar refractivity (Wildman–Crippen MR) is 108 cm³/mol. The second-order valence-electron chi connectivity index (χ2n) is 6.05. The van der Waals surface area contributed by atoms with Gasteiger partial charge in [-0.25, -0.2) is 4.98 Å². The average molecular weight is 401 g/mol. The Balaban J connectivity index is 1.89. The zero-order valence-electron chi connectivity index (χ0n) is 13.6. The quantitative estimate of drug-likeness (QED) is 0.419. The van der Waals surface area contributed by atoms with E-state index >= 15 is 0 Å². The molecule has 0 atom stereocenters. The van der Waals surface area contributed by atoms with Crippen LogP contribution in [-0.4, -0.2) is 20.2 Å². The lowest BCUT2D eigenvalue weighted by atomic mass is 10.0. The molecule has 0 unspecified atom stereocenters. The largest absolute Gasteiger partial charge is 0.338 e. The molecule has 0 aliphatic rings. The summed E-state index contributed by atoms with van der Waals surface area (Å²) in [6, 6.07) is 24.1. The number of benzene rings is 3. The lowest BCUT2D eigenvalue weighted by Gasteiger charge is -2.10. The number of aromatic amines is 1. The monoisotopic (exact) mass is 400 g/mol. The number of nitrogens with zero attached hydrogens (tertiary/aromatic N) is 3. The van der Waals surface area contributed by atoms with E-state index in [1.807, 2.05) is 66.7 Å². The number of halogens is 1. The topological polar surface area (TPSA) is 54.5 Å². The van der Waals surface area contributed by atoms with Crippen molar-refractivity contribution in [3.8, 4) is 22.6 Å². The van der Waals surface area contributed by atoms with Gasteiger partial charge in [-0.15, -0.1) is 10.2 Å². The van der Waals surface area contributed by atoms with E-state index in [2.05, 4.69) is 37.2 Å². The summed E-state index contributed by atoms with van der Waals surface area (Å²) in [5.41, 5.74) is 5.55. The second-order valence-corrected chi connectivity index (χ2v) is 6.97. The first-order valence-corrected chi connectivity index (χ1v) is 9.05. The van der Waals surface area contributed by atoms with Crippen LogP contribution >= 0.6 is 15.9 Å². The number of para-hydroxylation sites is 2. The lowest BCUT2D eigenvalue weighted by molar-refractivity contribution is 1.08. The normalized spacial score (nSPS) is 11.3. The van der Waals surface area contributed by atoms with Crippen LogP contribution in [0.2, 0.25) is 0 Å². The van der Waals surface area contributed by atoms with E-state index in [1.165, 1.54) is 0 Å². The number of H-pyrrole nitrogens is 1. The minimum atomic E-state index is 0.794. The van der Waals surface area contributed by atoms with E-state index in [-0.39, 0.29) is 0 Å². The van der Waals surface area contributed by atoms with Crippen LogP contribution in [0.3, 0.4) is 0 Å². The molecule has 1 N–H and O–H groups in total. The highest BCUT2D eigenvalue weighted by Crippen LogP contribution is 2.36. The molecule has 0 amide bonds. The van der Waals surface area contributed by atoms with E-state index in [9.17, 15) is 0 Å². The van der Waals surface area contributed by atoms with Gasteiger partial charge in [-0.1, -0.05) is 58.4 Å². The third-order valence-electron chi connectivity index (χ3n) is 4.40. The average Bonchev–Trinajstić information content (AvgIpc) is 3.11. The fraction of sp³-hybridized carbons (Fsp3) is 0. The smallest absolute Gasteiger partial charge is 0.141 e. The summed E-state index contributed by atoms with van der Waals surface area (Å²) in [6.45, 7) is 0. The number of rotatable bonds is 2. The maximum atomic E-state index is 4.81. The van der Waals surface area contributed by atoms with Crippen molar-refractivity contribution in [3.05, 3.63) is 77.3 Å². The van der Waals surface area contributed by atoms with Gasteiger partial charge in [-0.2, -0.15) is 0 Å². The zero-order chi connectivity index (χ0) is 17.5. The van der Waals surface area contributed by atoms with Crippen molar-refractivity contribution in [2.24, 2.45) is 0 Å². The molecule has 0 radical (unpaired) electrons. The Hall–Kier alpha value is -3.05. The summed E-state index contributed by atoms with van der Waals surface area (Å²) in [6.07, 6.45) is 0. The molecule has 0 bridgehead atoms. The fourth-order valence-electron chi connectivity index (χ4n) is 3.19. The van der Waals surface area contributed by atoms with E-state index < -0.39 is 0 Å². The van der Waals surface area contributed by atoms with Crippen molar-refractivity contribution in [1.82, 2.24) is 20.2 Å². The summed E-state index contributed by atoms with van der Waals surface area (Å²) in [5, 5.41) is 9.96. The van der Waals surface area contributed by atoms with Gasteiger partial charge < -0.3 is 4.98 Å². The molecule has 2 heterocycles. The van der Waals surface area contributed by atoms with Crippen LogP contribution in [0.5, 0.6) is 0 Å². The number of hydrogen-bond acceptors (Lipinski definition) is 3. The van der Waals surface area contributed by atoms with Crippen molar-refractivity contribution in [1.29, 1.82) is 0 Å². The summed E-state index contributed by atoms with van der Waals surface area (Å²) in [5.74, 6) is 0.794. The maximum Gasteiger partial charge on any atom is 0.141 e. The Bertz CT molecular complexity index is 1210. The molecule has 5 rings (SSSR count). The first-order valence-electron chi connectivity index (χ1n) is 8.26. The van der Waals surface area contributed by atoms with Gasteiger partial charge >= 0.3 is 0 Å². The number of aromatic nitrogens is 4. The van der Waals surface area contributed by atoms with Crippen LogP contribution in [0.4, 0.5) is 0 Å². The number of nitrogens with one attached hydrogen (secondary N) is 1. The number of imidazole rings is 1. The molecule has 124 valence electrons. The van der Waals surface area contributed by atoms with Crippen LogP contribution in [0, 0.1) is 0 Å². The lowest BCUT2D eigenvalue weighted by Crippen LogP contribution is -1.96. The standard InChI is InChI=1S/C21H13BrN4/c22-14-10-11-16-15(12-14)19(20(26-25-16)13-6-2-1-3-7-13)21-23-17-8-4-5-9-18(17)24-21/h1-12H,(H,23,24). The maximum absolute atomic E-state index is 4.81. The molecular formula is C21H13BrN4. The minimum absolute atomic E-state index is 0.794. The SMILES string of the molecule is Brc1ccc2nnc(-c3ccccc3)c(-c3nc4ccccc4[nH]3)c2c1. The van der Waals surface area contributed by atoms with Crippen molar-refractivity contribution >= 4 is 37.9 Å². The first kappa shape index (κ1) is 15.2. The van der Waals surface area contributed by atoms with Crippen molar-refractivity contribution in [2.75, 3.05) is 0 Å². The molecule has 4 nitrogen and oxygen atoms in total. The number of hydrogen-bond donors (Lipinski definition) is 1. The van der Waals surface area contributed by atoms with Crippen LogP contribution < -0.4 is 0 Å². The Morgan fingerprint density at radius 3 is 2.42 bits per heavy atom. The summed E-state index contributed by atoms with van der Waals surface area (Å²) in [4.78, 5) is 8.25. The third kappa shape index (κ3) is 2.48. The molecule has 0 aliphatic carbocycles. The Morgan fingerprint density at radius 1 is 0.769 bits per heavy atom. The van der Waals surface area contributed by atoms with Gasteiger partial charge in [0.05, 0.1) is 22.1 Å². The zero-order valence-corrected chi connectivity index (χ0v) is 15.2. The van der Waals surface area contributed by atoms with Crippen molar-refractivity contribution in [3.63, 3.8) is 0 Å². The molecule has 0 spiro atoms. The van der Waals surface area contributed by atoms with Gasteiger partial charge in [0.25, 0.3) is 0 Å². The van der Waals surface area contributed by atoms with Gasteiger partial charge in [0.15, 0.2) is 0 Å². The van der Waals surface area contributed by atoms with E-state index in [0.717, 1.165) is 49.1 Å². The van der Waals surface area contributed by atoms with Crippen LogP contribution in [0.25, 0.3) is 44.6 Å². The van der Waals surface area contributed by atoms with E-state index in [1.54, 1.807) is 0 Å². The molecule has 3 aromatic carbocycles. The summed E-state index contributed by atoms with van der Waals surface area (Å²) < 4.78 is 0.995. The Kier molecular flexibility index (Phi) is 3.53. The van der Waals surface area contributed by atoms with E-state index in [4.69, 9.17) is 4.98 Å². The Morgan fingerprint density at radius 2 is 1.58 bits per heavy atom. The van der Waals surface area contributed by atoms with Crippen LogP contribution in [0.15, 0.2) is 77.3 Å². The molecular weight excluding hydrogens is 388 g/mol. The van der Waals surface area contributed by atoms with Crippen molar-refractivity contribution < 1.29 is 0 Å². The summed E-state index contributed by atoms with van der Waals surface area (Å²) in [7, 11) is 0. The van der Waals surface area contributed by atoms with Gasteiger partial charge in [0.1, 0.15) is 11.5 Å². The van der Waals surface area contributed by atoms with Crippen molar-refractivity contribution in [2.45, 2.75) is 0 Å². The molecule has 5 heteroatoms. The highest BCUT2D eigenvalue weighted by Gasteiger charge is 2.18. The molecule has 2 aromatic heterocycles. The van der Waals surface area contributed by atoms with Gasteiger partial charge in [0.2, 0.25) is 0 Å². The first-order chi connectivity index (χ1) is 12.8. The van der Waals surface area contributed by atoms with Crippen LogP contribution in [-0.2, 0) is 0 Å². The van der Waals surface area contributed by atoms with Gasteiger partial charge in [-0.05, 0) is 30.3 Å². The molecule has 0 saturated heterocycles. The second kappa shape index (κ2) is 6.04. The predicted octanol–water partition coefficient (Wildman–Crippen LogP) is 5.60. The highest BCUT2D eigenvalue weighted by atomic mass is 79.9. The van der Waals surface area contributed by atoms with Crippen LogP contribution in [0.1, 0.15) is 0 Å². The highest BCUT2D eigenvalue weighted by molar-refractivity contribution is 9.10. The molecule has 0 aliphatic heterocycles. The molecule has 0 saturated carbocycles. The molecule has 26 heavy (non-hydrogen) atoms. The Labute approximate surface area is 158 Å². The van der Waals surface area contributed by atoms with E-state index in [0.29, 0.717) is 0 Å². The summed E-state index contributed by atoms with van der Waals surface area (Å²) >= 11 is 3.58. The van der Waals surface area contributed by atoms with Gasteiger partial charge in [0, 0.05) is 15.4 Å². The minimum Gasteiger partial charge on any atom is -0.338 e. The molecule has 0 fully saturated rings. The number of fused-ring (bicyclic) bond motifs is 2. The fourth-order valence-corrected chi connectivity index (χ4v) is 3.55. The van der Waals surface area contributed by atoms with Gasteiger partial charge in [-0.3, -0.25) is 0 Å². The third-order valence-corrected chi connectivity index (χ3v) is 4.89.